The number of likely N-dealkylation sites (tertiary alicyclic amines) is 1. The highest BCUT2D eigenvalue weighted by atomic mass is 35.5. The second-order valence-electron chi connectivity index (χ2n) is 10.5. The Bertz CT molecular complexity index is 1040. The van der Waals surface area contributed by atoms with Crippen LogP contribution in [-0.4, -0.2) is 78.2 Å². The van der Waals surface area contributed by atoms with E-state index in [-0.39, 0.29) is 24.2 Å². The summed E-state index contributed by atoms with van der Waals surface area (Å²) in [7, 11) is -3.31. The van der Waals surface area contributed by atoms with Crippen molar-refractivity contribution in [2.75, 3.05) is 30.6 Å². The Hall–Kier alpha value is -1.88. The minimum atomic E-state index is -3.31. The van der Waals surface area contributed by atoms with Gasteiger partial charge in [0.25, 0.3) is 0 Å². The summed E-state index contributed by atoms with van der Waals surface area (Å²) in [4.78, 5) is 30.8. The van der Waals surface area contributed by atoms with Gasteiger partial charge in [-0.2, -0.15) is 0 Å². The van der Waals surface area contributed by atoms with Crippen molar-refractivity contribution in [3.05, 3.63) is 29.8 Å². The molecule has 3 fully saturated rings. The Morgan fingerprint density at radius 2 is 1.67 bits per heavy atom. The maximum Gasteiger partial charge on any atom is 0.246 e. The van der Waals surface area contributed by atoms with Gasteiger partial charge in [0.15, 0.2) is 0 Å². The van der Waals surface area contributed by atoms with Gasteiger partial charge in [-0.25, -0.2) is 8.42 Å². The Balaban J connectivity index is 0.00000361. The van der Waals surface area contributed by atoms with Gasteiger partial charge in [0.2, 0.25) is 21.8 Å². The number of aliphatic hydroxyl groups is 1. The average molecular weight is 543 g/mol. The van der Waals surface area contributed by atoms with E-state index in [1.54, 1.807) is 17.0 Å². The summed E-state index contributed by atoms with van der Waals surface area (Å²) in [5, 5.41) is 14.0. The third-order valence-electron chi connectivity index (χ3n) is 7.84. The molecule has 0 radical (unpaired) electrons. The van der Waals surface area contributed by atoms with Crippen molar-refractivity contribution in [2.24, 2.45) is 0 Å². The molecule has 3 aliphatic rings. The molecule has 1 saturated carbocycles. The summed E-state index contributed by atoms with van der Waals surface area (Å²) in [6.07, 6.45) is 6.92. The van der Waals surface area contributed by atoms with Crippen LogP contribution in [0.1, 0.15) is 63.9 Å². The topological polar surface area (TPSA) is 119 Å². The van der Waals surface area contributed by atoms with Crippen molar-refractivity contribution in [3.63, 3.8) is 0 Å². The van der Waals surface area contributed by atoms with Gasteiger partial charge in [0.05, 0.1) is 11.9 Å². The van der Waals surface area contributed by atoms with E-state index >= 15 is 0 Å². The minimum absolute atomic E-state index is 0. The molecular weight excluding hydrogens is 504 g/mol. The summed E-state index contributed by atoms with van der Waals surface area (Å²) in [6.45, 7) is 4.43. The zero-order valence-electron chi connectivity index (χ0n) is 21.2. The summed E-state index contributed by atoms with van der Waals surface area (Å²) in [6, 6.07) is 6.62. The molecule has 0 bridgehead atoms. The molecule has 11 heteroatoms. The highest BCUT2D eigenvalue weighted by Gasteiger charge is 2.54. The molecule has 1 atom stereocenters. The molecule has 0 unspecified atom stereocenters. The summed E-state index contributed by atoms with van der Waals surface area (Å²) in [5.74, 6) is -0.173. The fourth-order valence-corrected chi connectivity index (χ4v) is 6.56. The second kappa shape index (κ2) is 11.2. The minimum Gasteiger partial charge on any atom is -0.390 e. The molecule has 2 aliphatic heterocycles. The molecule has 202 valence electrons. The molecule has 3 N–H and O–H groups in total. The Labute approximate surface area is 220 Å². The lowest BCUT2D eigenvalue weighted by molar-refractivity contribution is -0.163. The van der Waals surface area contributed by atoms with Crippen LogP contribution in [0.5, 0.6) is 0 Å². The standard InChI is InChI=1S/C25H38N4O5S.ClH/c1-3-29-22(30)21(17-24(32)11-5-4-6-12-24)26-23(31)25(29)13-15-28(16-14-25)18-19-7-9-20(10-8-19)27-35(2,33)34;/h7-10,21,27,32H,3-6,11-18H2,1-2H3,(H,26,31);1H/t21-;/m1./s1. The van der Waals surface area contributed by atoms with Crippen molar-refractivity contribution < 1.29 is 23.1 Å². The molecule has 1 aliphatic carbocycles. The van der Waals surface area contributed by atoms with Gasteiger partial charge in [-0.3, -0.25) is 19.2 Å². The third-order valence-corrected chi connectivity index (χ3v) is 8.45. The maximum absolute atomic E-state index is 13.4. The number of piperidine rings is 1. The van der Waals surface area contributed by atoms with Crippen LogP contribution in [0.2, 0.25) is 0 Å². The normalized spacial score (nSPS) is 24.2. The van der Waals surface area contributed by atoms with Crippen LogP contribution in [0.3, 0.4) is 0 Å². The zero-order chi connectivity index (χ0) is 25.3. The lowest BCUT2D eigenvalue weighted by Gasteiger charge is -2.52. The van der Waals surface area contributed by atoms with Gasteiger partial charge in [0.1, 0.15) is 11.6 Å². The number of nitrogens with one attached hydrogen (secondary N) is 2. The Morgan fingerprint density at radius 1 is 1.06 bits per heavy atom. The highest BCUT2D eigenvalue weighted by Crippen LogP contribution is 2.37. The molecule has 2 amide bonds. The van der Waals surface area contributed by atoms with Gasteiger partial charge >= 0.3 is 0 Å². The van der Waals surface area contributed by atoms with Gasteiger partial charge < -0.3 is 15.3 Å². The number of halogens is 1. The van der Waals surface area contributed by atoms with E-state index in [4.69, 9.17) is 0 Å². The maximum atomic E-state index is 13.4. The monoisotopic (exact) mass is 542 g/mol. The summed E-state index contributed by atoms with van der Waals surface area (Å²) < 4.78 is 25.3. The molecule has 9 nitrogen and oxygen atoms in total. The van der Waals surface area contributed by atoms with Crippen molar-refractivity contribution >= 4 is 39.9 Å². The van der Waals surface area contributed by atoms with E-state index in [0.29, 0.717) is 64.0 Å². The van der Waals surface area contributed by atoms with E-state index in [1.165, 1.54) is 0 Å². The van der Waals surface area contributed by atoms with Gasteiger partial charge in [0, 0.05) is 38.3 Å². The highest BCUT2D eigenvalue weighted by molar-refractivity contribution is 7.92. The zero-order valence-corrected chi connectivity index (χ0v) is 22.8. The molecule has 1 spiro atoms. The number of rotatable bonds is 7. The fourth-order valence-electron chi connectivity index (χ4n) is 6.00. The van der Waals surface area contributed by atoms with Crippen LogP contribution in [0.15, 0.2) is 24.3 Å². The lowest BCUT2D eigenvalue weighted by atomic mass is 9.77. The van der Waals surface area contributed by atoms with Crippen LogP contribution < -0.4 is 10.0 Å². The van der Waals surface area contributed by atoms with E-state index in [1.807, 2.05) is 19.1 Å². The number of benzene rings is 1. The summed E-state index contributed by atoms with van der Waals surface area (Å²) >= 11 is 0. The Kier molecular flexibility index (Phi) is 8.96. The summed E-state index contributed by atoms with van der Waals surface area (Å²) in [5.41, 5.74) is -0.127. The number of hydrogen-bond acceptors (Lipinski definition) is 6. The SMILES string of the molecule is CCN1C(=O)[C@@H](CC2(O)CCCCC2)NC(=O)C12CCN(Cc1ccc(NS(C)(=O)=O)cc1)CC2.Cl. The average Bonchev–Trinajstić information content (AvgIpc) is 2.80. The van der Waals surface area contributed by atoms with Gasteiger partial charge in [-0.1, -0.05) is 31.4 Å². The Morgan fingerprint density at radius 3 is 2.22 bits per heavy atom. The number of hydrogen-bond donors (Lipinski definition) is 3. The number of carbonyl (C=O) groups excluding carboxylic acids is 2. The molecule has 36 heavy (non-hydrogen) atoms. The van der Waals surface area contributed by atoms with E-state index in [0.717, 1.165) is 31.1 Å². The molecule has 0 aromatic heterocycles. The van der Waals surface area contributed by atoms with Crippen molar-refractivity contribution in [3.8, 4) is 0 Å². The molecular formula is C25H39ClN4O5S. The smallest absolute Gasteiger partial charge is 0.246 e. The van der Waals surface area contributed by atoms with Crippen LogP contribution in [-0.2, 0) is 26.2 Å². The first-order valence-electron chi connectivity index (χ1n) is 12.7. The van der Waals surface area contributed by atoms with E-state index < -0.39 is 27.2 Å². The molecule has 1 aromatic carbocycles. The quantitative estimate of drug-likeness (QED) is 0.486. The van der Waals surface area contributed by atoms with Crippen molar-refractivity contribution in [2.45, 2.75) is 82.0 Å². The molecule has 4 rings (SSSR count). The number of anilines is 1. The van der Waals surface area contributed by atoms with Crippen LogP contribution in [0, 0.1) is 0 Å². The number of amides is 2. The van der Waals surface area contributed by atoms with E-state index in [2.05, 4.69) is 14.9 Å². The van der Waals surface area contributed by atoms with E-state index in [9.17, 15) is 23.1 Å². The lowest BCUT2D eigenvalue weighted by Crippen LogP contribution is -2.73. The second-order valence-corrected chi connectivity index (χ2v) is 12.2. The number of nitrogens with zero attached hydrogens (tertiary/aromatic N) is 2. The first-order valence-corrected chi connectivity index (χ1v) is 14.6. The van der Waals surface area contributed by atoms with Crippen molar-refractivity contribution in [1.82, 2.24) is 15.1 Å². The number of sulfonamides is 1. The molecule has 2 heterocycles. The number of likely N-dealkylation sites (N-methyl/N-ethyl adjacent to an activating group) is 1. The molecule has 2 saturated heterocycles. The van der Waals surface area contributed by atoms with Gasteiger partial charge in [-0.15, -0.1) is 12.4 Å². The van der Waals surface area contributed by atoms with Gasteiger partial charge in [-0.05, 0) is 50.3 Å². The first-order chi connectivity index (χ1) is 16.5. The van der Waals surface area contributed by atoms with Crippen LogP contribution in [0.25, 0.3) is 0 Å². The van der Waals surface area contributed by atoms with Crippen LogP contribution in [0.4, 0.5) is 5.69 Å². The predicted molar refractivity (Wildman–Crippen MR) is 141 cm³/mol. The largest absolute Gasteiger partial charge is 0.390 e. The fraction of sp³-hybridized carbons (Fsp3) is 0.680. The van der Waals surface area contributed by atoms with Crippen LogP contribution >= 0.6 is 12.4 Å². The van der Waals surface area contributed by atoms with Crippen molar-refractivity contribution in [1.29, 1.82) is 0 Å². The predicted octanol–water partition coefficient (Wildman–Crippen LogP) is 2.25. The first kappa shape index (κ1) is 28.7. The number of piperazine rings is 1. The third kappa shape index (κ3) is 6.33. The number of carbonyl (C=O) groups is 2. The molecule has 1 aromatic rings.